The molecule has 10 heteroatoms. The van der Waals surface area contributed by atoms with E-state index < -0.39 is 47.1 Å². The average Bonchev–Trinajstić information content (AvgIpc) is 3.49. The van der Waals surface area contributed by atoms with E-state index in [0.29, 0.717) is 36.9 Å². The molecule has 0 unspecified atom stereocenters. The van der Waals surface area contributed by atoms with E-state index in [1.165, 1.54) is 0 Å². The first-order valence-electron chi connectivity index (χ1n) is 18.7. The number of hydrogen-bond donors (Lipinski definition) is 1. The summed E-state index contributed by atoms with van der Waals surface area (Å²) in [5, 5.41) is 12.3. The van der Waals surface area contributed by atoms with Gasteiger partial charge in [-0.3, -0.25) is 0 Å². The molecule has 5 atom stereocenters. The van der Waals surface area contributed by atoms with E-state index in [0.717, 1.165) is 34.8 Å². The fourth-order valence-corrected chi connectivity index (χ4v) is 16.2. The third-order valence-corrected chi connectivity index (χ3v) is 21.0. The zero-order valence-corrected chi connectivity index (χ0v) is 34.0. The van der Waals surface area contributed by atoms with Crippen LogP contribution in [0.1, 0.15) is 84.6 Å². The van der Waals surface area contributed by atoms with Crippen LogP contribution in [0.3, 0.4) is 0 Å². The highest BCUT2D eigenvalue weighted by Gasteiger charge is 2.68. The Morgan fingerprint density at radius 1 is 0.824 bits per heavy atom. The first kappa shape index (κ1) is 38.2. The summed E-state index contributed by atoms with van der Waals surface area (Å²) in [6.07, 6.45) is -2.96. The zero-order valence-electron chi connectivity index (χ0n) is 32.0. The number of aliphatic hydroxyl groups is 1. The van der Waals surface area contributed by atoms with Crippen molar-refractivity contribution in [1.29, 1.82) is 0 Å². The third-order valence-electron chi connectivity index (χ3n) is 11.2. The number of rotatable bonds is 11. The maximum atomic E-state index is 12.8. The molecule has 278 valence electrons. The summed E-state index contributed by atoms with van der Waals surface area (Å²) in [5.74, 6) is -0.357. The molecule has 3 heterocycles. The van der Waals surface area contributed by atoms with Crippen molar-refractivity contribution in [2.45, 2.75) is 141 Å². The molecular weight excluding hydrogens is 677 g/mol. The maximum absolute atomic E-state index is 12.8. The Bertz CT molecular complexity index is 1600. The highest BCUT2D eigenvalue weighted by molar-refractivity contribution is 6.74. The van der Waals surface area contributed by atoms with Gasteiger partial charge in [0.25, 0.3) is 0 Å². The lowest BCUT2D eigenvalue weighted by Crippen LogP contribution is -2.74. The second-order valence-electron chi connectivity index (χ2n) is 16.4. The van der Waals surface area contributed by atoms with Crippen LogP contribution in [0.5, 0.6) is 11.5 Å². The molecule has 0 aromatic heterocycles. The van der Waals surface area contributed by atoms with Gasteiger partial charge in [0.2, 0.25) is 5.79 Å². The summed E-state index contributed by atoms with van der Waals surface area (Å²) < 4.78 is 48.2. The van der Waals surface area contributed by atoms with Crippen molar-refractivity contribution in [3.8, 4) is 11.5 Å². The summed E-state index contributed by atoms with van der Waals surface area (Å²) in [5.41, 5.74) is 3.59. The van der Waals surface area contributed by atoms with Gasteiger partial charge in [0.05, 0.1) is 18.8 Å². The van der Waals surface area contributed by atoms with E-state index >= 15 is 0 Å². The minimum atomic E-state index is -2.94. The van der Waals surface area contributed by atoms with Crippen molar-refractivity contribution in [3.63, 3.8) is 0 Å². The van der Waals surface area contributed by atoms with E-state index in [1.54, 1.807) is 0 Å². The minimum Gasteiger partial charge on any atom is -0.489 e. The van der Waals surface area contributed by atoms with Gasteiger partial charge in [-0.2, -0.15) is 0 Å². The van der Waals surface area contributed by atoms with Gasteiger partial charge in [0.1, 0.15) is 49.1 Å². The van der Waals surface area contributed by atoms with Crippen LogP contribution in [0.15, 0.2) is 72.8 Å². The average molecular weight is 735 g/mol. The molecule has 1 N–H and O–H groups in total. The molecule has 2 fully saturated rings. The lowest BCUT2D eigenvalue weighted by Gasteiger charge is -2.60. The highest BCUT2D eigenvalue weighted by Crippen LogP contribution is 2.58. The quantitative estimate of drug-likeness (QED) is 0.195. The molecule has 3 aromatic carbocycles. The van der Waals surface area contributed by atoms with Crippen molar-refractivity contribution in [3.05, 3.63) is 95.1 Å². The standard InChI is InChI=1S/C41H58O8Si2/c1-10-50(11-2,12-3)48-37-36-34(28-46-51(49-36,39(4,5)6)40(7,8)9)47-41(38(37)42)35-31(27-45-41)23-32(43-25-29-19-15-13-16-20-29)24-33(35)44-26-30-21-17-14-18-22-30/h13-24,34,36-38,42H,10-12,25-28H2,1-9H3/t34-,36-,37+,38-,41+/m1/s1. The van der Waals surface area contributed by atoms with Gasteiger partial charge in [-0.1, -0.05) is 123 Å². The topological polar surface area (TPSA) is 84.8 Å². The number of benzene rings is 3. The predicted molar refractivity (Wildman–Crippen MR) is 203 cm³/mol. The summed E-state index contributed by atoms with van der Waals surface area (Å²) >= 11 is 0. The Labute approximate surface area is 307 Å². The SMILES string of the molecule is CC[Si](CC)(CC)O[C@H]1[C@@H]2O[Si](C(C)(C)C)(C(C)(C)C)OC[C@H]2O[C@]2(OCc3cc(OCc4ccccc4)cc(OCc4ccccc4)c32)[C@@H]1O. The number of fused-ring (bicyclic) bond motifs is 3. The van der Waals surface area contributed by atoms with E-state index in [2.05, 4.69) is 62.3 Å². The molecule has 0 amide bonds. The molecule has 3 aliphatic rings. The Kier molecular flexibility index (Phi) is 11.0. The Hall–Kier alpha value is -2.55. The van der Waals surface area contributed by atoms with Crippen LogP contribution < -0.4 is 9.47 Å². The minimum absolute atomic E-state index is 0.211. The maximum Gasteiger partial charge on any atom is 0.349 e. The lowest BCUT2D eigenvalue weighted by atomic mass is 9.87. The van der Waals surface area contributed by atoms with Crippen LogP contribution in [0, 0.1) is 0 Å². The van der Waals surface area contributed by atoms with Crippen molar-refractivity contribution in [1.82, 2.24) is 0 Å². The fraction of sp³-hybridized carbons (Fsp3) is 0.561. The summed E-state index contributed by atoms with van der Waals surface area (Å²) in [4.78, 5) is 0. The largest absolute Gasteiger partial charge is 0.489 e. The highest BCUT2D eigenvalue weighted by atomic mass is 28.4. The second-order valence-corrected chi connectivity index (χ2v) is 25.9. The van der Waals surface area contributed by atoms with E-state index in [1.807, 2.05) is 72.8 Å². The molecule has 3 aromatic rings. The van der Waals surface area contributed by atoms with Crippen LogP contribution in [-0.2, 0) is 48.4 Å². The van der Waals surface area contributed by atoms with Crippen molar-refractivity contribution in [2.24, 2.45) is 0 Å². The van der Waals surface area contributed by atoms with E-state index in [4.69, 9.17) is 32.2 Å². The molecule has 6 rings (SSSR count). The smallest absolute Gasteiger partial charge is 0.349 e. The van der Waals surface area contributed by atoms with Gasteiger partial charge in [-0.15, -0.1) is 0 Å². The van der Waals surface area contributed by atoms with Gasteiger partial charge < -0.3 is 37.3 Å². The first-order valence-corrected chi connectivity index (χ1v) is 23.1. The Morgan fingerprint density at radius 3 is 1.94 bits per heavy atom. The fourth-order valence-electron chi connectivity index (χ4n) is 8.41. The molecule has 0 aliphatic carbocycles. The first-order chi connectivity index (χ1) is 24.2. The normalized spacial score (nSPS) is 26.1. The summed E-state index contributed by atoms with van der Waals surface area (Å²) in [6.45, 7) is 21.1. The van der Waals surface area contributed by atoms with Crippen LogP contribution in [0.4, 0.5) is 0 Å². The number of ether oxygens (including phenoxy) is 4. The van der Waals surface area contributed by atoms with E-state index in [-0.39, 0.29) is 16.7 Å². The Balaban J connectivity index is 1.43. The third kappa shape index (κ3) is 7.11. The van der Waals surface area contributed by atoms with Crippen LogP contribution in [0.25, 0.3) is 0 Å². The molecule has 51 heavy (non-hydrogen) atoms. The molecule has 8 nitrogen and oxygen atoms in total. The molecule has 0 radical (unpaired) electrons. The number of aliphatic hydroxyl groups excluding tert-OH is 1. The summed E-state index contributed by atoms with van der Waals surface area (Å²) in [6, 6.07) is 26.8. The Morgan fingerprint density at radius 2 is 1.39 bits per heavy atom. The van der Waals surface area contributed by atoms with Crippen molar-refractivity contribution >= 4 is 16.9 Å². The van der Waals surface area contributed by atoms with Crippen LogP contribution in [0.2, 0.25) is 28.2 Å². The predicted octanol–water partition coefficient (Wildman–Crippen LogP) is 9.14. The van der Waals surface area contributed by atoms with Gasteiger partial charge in [-0.05, 0) is 40.9 Å². The van der Waals surface area contributed by atoms with Gasteiger partial charge in [0.15, 0.2) is 8.32 Å². The van der Waals surface area contributed by atoms with Crippen LogP contribution >= 0.6 is 0 Å². The second kappa shape index (κ2) is 14.7. The lowest BCUT2D eigenvalue weighted by molar-refractivity contribution is -0.371. The molecule has 0 bridgehead atoms. The summed E-state index contributed by atoms with van der Waals surface area (Å²) in [7, 11) is -5.21. The monoisotopic (exact) mass is 734 g/mol. The van der Waals surface area contributed by atoms with Crippen molar-refractivity contribution in [2.75, 3.05) is 6.61 Å². The van der Waals surface area contributed by atoms with E-state index in [9.17, 15) is 5.11 Å². The van der Waals surface area contributed by atoms with Gasteiger partial charge >= 0.3 is 8.56 Å². The van der Waals surface area contributed by atoms with Crippen molar-refractivity contribution < 1.29 is 37.3 Å². The molecule has 3 aliphatic heterocycles. The van der Waals surface area contributed by atoms with Crippen LogP contribution in [-0.4, -0.2) is 53.0 Å². The molecule has 0 saturated carbocycles. The molecule has 1 spiro atoms. The van der Waals surface area contributed by atoms with Gasteiger partial charge in [0, 0.05) is 16.1 Å². The number of hydrogen-bond acceptors (Lipinski definition) is 8. The molecular formula is C41H58O8Si2. The zero-order chi connectivity index (χ0) is 36.7. The van der Waals surface area contributed by atoms with Gasteiger partial charge in [-0.25, -0.2) is 0 Å². The molecule has 2 saturated heterocycles.